The Bertz CT molecular complexity index is 833. The van der Waals surface area contributed by atoms with Crippen molar-refractivity contribution in [2.24, 2.45) is 52.1 Å². The first kappa shape index (κ1) is 27.9. The minimum atomic E-state index is -0.243. The molecule has 4 aliphatic carbocycles. The molecule has 36 heavy (non-hydrogen) atoms. The highest BCUT2D eigenvalue weighted by Crippen LogP contribution is 2.67. The fourth-order valence-corrected chi connectivity index (χ4v) is 9.34. The van der Waals surface area contributed by atoms with Gasteiger partial charge in [-0.15, -0.1) is 0 Å². The maximum atomic E-state index is 12.3. The van der Waals surface area contributed by atoms with Gasteiger partial charge in [-0.1, -0.05) is 65.5 Å². The van der Waals surface area contributed by atoms with Gasteiger partial charge >= 0.3 is 5.97 Å². The maximum absolute atomic E-state index is 12.3. The normalized spacial score (nSPS) is 38.5. The summed E-state index contributed by atoms with van der Waals surface area (Å²) in [6, 6.07) is 0. The lowest BCUT2D eigenvalue weighted by Gasteiger charge is -2.58. The van der Waals surface area contributed by atoms with Gasteiger partial charge in [-0.3, -0.25) is 9.59 Å². The molecule has 0 amide bonds. The number of allylic oxidation sites excluding steroid dienone is 1. The number of esters is 1. The Hall–Kier alpha value is -1.16. The van der Waals surface area contributed by atoms with E-state index in [1.807, 2.05) is 0 Å². The van der Waals surface area contributed by atoms with Crippen molar-refractivity contribution in [2.75, 3.05) is 6.54 Å². The van der Waals surface area contributed by atoms with Crippen LogP contribution < -0.4 is 5.73 Å². The van der Waals surface area contributed by atoms with Crippen LogP contribution in [-0.4, -0.2) is 24.4 Å². The van der Waals surface area contributed by atoms with Gasteiger partial charge < -0.3 is 10.5 Å². The number of Topliss-reactive ketones (excluding diaryl/α,β-unsaturated/α-hetero) is 1. The van der Waals surface area contributed by atoms with Gasteiger partial charge in [0.1, 0.15) is 11.9 Å². The Morgan fingerprint density at radius 2 is 1.81 bits per heavy atom. The maximum Gasteiger partial charge on any atom is 0.306 e. The highest BCUT2D eigenvalue weighted by atomic mass is 16.5. The lowest BCUT2D eigenvalue weighted by Crippen LogP contribution is -2.51. The van der Waals surface area contributed by atoms with Gasteiger partial charge in [-0.25, -0.2) is 0 Å². The molecule has 0 bridgehead atoms. The Labute approximate surface area is 220 Å². The zero-order valence-corrected chi connectivity index (χ0v) is 23.8. The highest BCUT2D eigenvalue weighted by molar-refractivity contribution is 5.84. The van der Waals surface area contributed by atoms with Crippen LogP contribution in [0.5, 0.6) is 0 Å². The summed E-state index contributed by atoms with van der Waals surface area (Å²) < 4.78 is 5.82. The van der Waals surface area contributed by atoms with Gasteiger partial charge in [0.15, 0.2) is 0 Å². The first-order chi connectivity index (χ1) is 17.1. The number of ether oxygens (including phenoxy) is 1. The number of nitrogens with two attached hydrogens (primary N) is 1. The number of fused-ring (bicyclic) bond motifs is 5. The van der Waals surface area contributed by atoms with Crippen LogP contribution in [0.15, 0.2) is 11.6 Å². The number of ketones is 1. The predicted octanol–water partition coefficient (Wildman–Crippen LogP) is 7.25. The average Bonchev–Trinajstić information content (AvgIpc) is 3.19. The molecule has 0 radical (unpaired) electrons. The molecule has 0 saturated heterocycles. The predicted molar refractivity (Wildman–Crippen MR) is 146 cm³/mol. The monoisotopic (exact) mass is 499 g/mol. The summed E-state index contributed by atoms with van der Waals surface area (Å²) in [5.41, 5.74) is 7.70. The molecule has 8 atom stereocenters. The first-order valence-corrected chi connectivity index (χ1v) is 15.2. The van der Waals surface area contributed by atoms with Crippen molar-refractivity contribution in [2.45, 2.75) is 124 Å². The number of hydrogen-bond donors (Lipinski definition) is 1. The molecule has 1 unspecified atom stereocenters. The van der Waals surface area contributed by atoms with E-state index in [2.05, 4.69) is 40.7 Å². The Kier molecular flexibility index (Phi) is 8.74. The van der Waals surface area contributed by atoms with Crippen molar-refractivity contribution in [3.8, 4) is 0 Å². The number of hydrogen-bond acceptors (Lipinski definition) is 4. The van der Waals surface area contributed by atoms with Crippen LogP contribution in [-0.2, 0) is 14.3 Å². The lowest BCUT2D eigenvalue weighted by molar-refractivity contribution is -0.152. The van der Waals surface area contributed by atoms with Crippen LogP contribution in [0.25, 0.3) is 0 Å². The number of carbonyl (C=O) groups is 2. The zero-order valence-electron chi connectivity index (χ0n) is 23.8. The van der Waals surface area contributed by atoms with Crippen LogP contribution in [0.4, 0.5) is 0 Å². The topological polar surface area (TPSA) is 69.4 Å². The lowest BCUT2D eigenvalue weighted by atomic mass is 9.47. The third-order valence-electron chi connectivity index (χ3n) is 11.4. The van der Waals surface area contributed by atoms with Crippen LogP contribution in [0.3, 0.4) is 0 Å². The van der Waals surface area contributed by atoms with Crippen molar-refractivity contribution in [1.82, 2.24) is 0 Å². The molecular weight excluding hydrogens is 446 g/mol. The van der Waals surface area contributed by atoms with E-state index in [1.54, 1.807) is 5.57 Å². The van der Waals surface area contributed by atoms with Crippen LogP contribution in [0, 0.1) is 46.3 Å². The summed E-state index contributed by atoms with van der Waals surface area (Å²) in [6.45, 7) is 12.5. The molecule has 4 aliphatic rings. The summed E-state index contributed by atoms with van der Waals surface area (Å²) in [4.78, 5) is 23.8. The summed E-state index contributed by atoms with van der Waals surface area (Å²) in [6.07, 6.45) is 16.9. The molecule has 3 saturated carbocycles. The second-order valence-electron chi connectivity index (χ2n) is 13.9. The third-order valence-corrected chi connectivity index (χ3v) is 11.4. The van der Waals surface area contributed by atoms with Gasteiger partial charge in [0.2, 0.25) is 0 Å². The zero-order chi connectivity index (χ0) is 26.1. The van der Waals surface area contributed by atoms with Crippen LogP contribution >= 0.6 is 0 Å². The Balaban J connectivity index is 1.38. The molecule has 0 aromatic carbocycles. The SMILES string of the molecule is CC(C)CCC[C@@H](C)[C@H]1CC[C@H]2[C@@H]3CC=C4CC(OC(=O)CCC(=O)CN)CC[C@]4(C)[C@H]3CC[C@]12C. The minimum Gasteiger partial charge on any atom is -0.462 e. The molecule has 4 rings (SSSR count). The fourth-order valence-electron chi connectivity index (χ4n) is 9.34. The van der Waals surface area contributed by atoms with Crippen molar-refractivity contribution in [3.05, 3.63) is 11.6 Å². The van der Waals surface area contributed by atoms with Crippen molar-refractivity contribution < 1.29 is 14.3 Å². The quantitative estimate of drug-likeness (QED) is 0.254. The Morgan fingerprint density at radius 3 is 2.53 bits per heavy atom. The second kappa shape index (κ2) is 11.3. The summed E-state index contributed by atoms with van der Waals surface area (Å²) in [5.74, 6) is 4.74. The van der Waals surface area contributed by atoms with Gasteiger partial charge in [-0.05, 0) is 91.3 Å². The highest BCUT2D eigenvalue weighted by Gasteiger charge is 2.59. The number of rotatable bonds is 10. The molecule has 0 aromatic rings. The molecular formula is C32H53NO3. The fraction of sp³-hybridized carbons (Fsp3) is 0.875. The molecule has 2 N–H and O–H groups in total. The van der Waals surface area contributed by atoms with Crippen LogP contribution in [0.2, 0.25) is 0 Å². The largest absolute Gasteiger partial charge is 0.462 e. The molecule has 0 aromatic heterocycles. The van der Waals surface area contributed by atoms with E-state index in [1.165, 1.54) is 51.4 Å². The first-order valence-electron chi connectivity index (χ1n) is 15.2. The third kappa shape index (κ3) is 5.49. The standard InChI is InChI=1S/C32H53NO3/c1-21(2)7-6-8-22(3)27-12-13-28-26-11-9-23-19-25(36-30(35)14-10-24(34)20-33)15-17-31(23,4)29(26)16-18-32(27,28)5/h9,21-22,25-29H,6-8,10-20,33H2,1-5H3/t22-,25?,26+,27-,28+,29+,31+,32-/m1/s1. The smallest absolute Gasteiger partial charge is 0.306 e. The molecule has 4 heteroatoms. The second-order valence-corrected chi connectivity index (χ2v) is 13.9. The van der Waals surface area contributed by atoms with Gasteiger partial charge in [0.25, 0.3) is 0 Å². The van der Waals surface area contributed by atoms with Gasteiger partial charge in [-0.2, -0.15) is 0 Å². The summed E-state index contributed by atoms with van der Waals surface area (Å²) in [7, 11) is 0. The molecule has 0 aliphatic heterocycles. The molecule has 204 valence electrons. The summed E-state index contributed by atoms with van der Waals surface area (Å²) >= 11 is 0. The van der Waals surface area contributed by atoms with Crippen molar-refractivity contribution in [3.63, 3.8) is 0 Å². The van der Waals surface area contributed by atoms with Gasteiger partial charge in [0, 0.05) is 12.8 Å². The Morgan fingerprint density at radius 1 is 1.03 bits per heavy atom. The van der Waals surface area contributed by atoms with E-state index in [4.69, 9.17) is 10.5 Å². The minimum absolute atomic E-state index is 0.00232. The van der Waals surface area contributed by atoms with E-state index < -0.39 is 0 Å². The van der Waals surface area contributed by atoms with Gasteiger partial charge in [0.05, 0.1) is 13.0 Å². The van der Waals surface area contributed by atoms with E-state index in [-0.39, 0.29) is 42.7 Å². The van der Waals surface area contributed by atoms with E-state index in [9.17, 15) is 9.59 Å². The average molecular weight is 500 g/mol. The molecule has 3 fully saturated rings. The van der Waals surface area contributed by atoms with Crippen molar-refractivity contribution in [1.29, 1.82) is 0 Å². The van der Waals surface area contributed by atoms with E-state index >= 15 is 0 Å². The van der Waals surface area contributed by atoms with E-state index in [0.717, 1.165) is 54.8 Å². The van der Waals surface area contributed by atoms with Crippen molar-refractivity contribution >= 4 is 11.8 Å². The van der Waals surface area contributed by atoms with E-state index in [0.29, 0.717) is 5.41 Å². The molecule has 0 spiro atoms. The molecule has 0 heterocycles. The molecule has 4 nitrogen and oxygen atoms in total. The number of carbonyl (C=O) groups excluding carboxylic acids is 2. The van der Waals surface area contributed by atoms with Crippen LogP contribution in [0.1, 0.15) is 118 Å². The summed E-state index contributed by atoms with van der Waals surface area (Å²) in [5, 5.41) is 0.